The van der Waals surface area contributed by atoms with Crippen molar-refractivity contribution in [3.8, 4) is 17.5 Å². The second-order valence-electron chi connectivity index (χ2n) is 9.69. The van der Waals surface area contributed by atoms with Gasteiger partial charge in [-0.15, -0.1) is 16.4 Å². The molecule has 0 radical (unpaired) electrons. The molecule has 0 spiro atoms. The zero-order valence-electron chi connectivity index (χ0n) is 20.2. The maximum atomic E-state index is 12.7. The SMILES string of the molecule is CC(=O)Nc1ccc(-c2nc(SCC(=O)Nc3sc4c(c3C#N)CC[C@@H](C(C)(C)C)C4)n[nH]2)cc1. The number of amides is 2. The molecule has 182 valence electrons. The zero-order valence-corrected chi connectivity index (χ0v) is 21.8. The van der Waals surface area contributed by atoms with E-state index in [9.17, 15) is 14.9 Å². The lowest BCUT2D eigenvalue weighted by Crippen LogP contribution is -2.26. The number of hydrogen-bond acceptors (Lipinski definition) is 7. The van der Waals surface area contributed by atoms with Gasteiger partial charge in [0.25, 0.3) is 0 Å². The molecule has 8 nitrogen and oxygen atoms in total. The first kappa shape index (κ1) is 24.9. The number of hydrogen-bond donors (Lipinski definition) is 3. The van der Waals surface area contributed by atoms with E-state index in [1.165, 1.54) is 34.9 Å². The normalized spacial score (nSPS) is 15.2. The lowest BCUT2D eigenvalue weighted by atomic mass is 9.72. The Morgan fingerprint density at radius 2 is 2.00 bits per heavy atom. The van der Waals surface area contributed by atoms with Crippen LogP contribution in [0.2, 0.25) is 0 Å². The molecule has 3 N–H and O–H groups in total. The van der Waals surface area contributed by atoms with Crippen molar-refractivity contribution in [1.82, 2.24) is 15.2 Å². The van der Waals surface area contributed by atoms with Crippen molar-refractivity contribution in [2.75, 3.05) is 16.4 Å². The van der Waals surface area contributed by atoms with Crippen LogP contribution in [-0.2, 0) is 22.4 Å². The van der Waals surface area contributed by atoms with Crippen LogP contribution in [0.3, 0.4) is 0 Å². The van der Waals surface area contributed by atoms with Gasteiger partial charge in [0, 0.05) is 23.1 Å². The number of rotatable bonds is 6. The maximum Gasteiger partial charge on any atom is 0.235 e. The number of thiophene rings is 1. The number of carbonyl (C=O) groups excluding carboxylic acids is 2. The van der Waals surface area contributed by atoms with Crippen LogP contribution in [0.15, 0.2) is 29.4 Å². The van der Waals surface area contributed by atoms with Gasteiger partial charge in [-0.2, -0.15) is 5.26 Å². The van der Waals surface area contributed by atoms with Crippen molar-refractivity contribution in [2.45, 2.75) is 52.1 Å². The van der Waals surface area contributed by atoms with Crippen molar-refractivity contribution < 1.29 is 9.59 Å². The Bertz CT molecular complexity index is 1280. The fraction of sp³-hybridized carbons (Fsp3) is 0.400. The third-order valence-corrected chi connectivity index (χ3v) is 8.15. The van der Waals surface area contributed by atoms with E-state index in [2.05, 4.69) is 52.7 Å². The van der Waals surface area contributed by atoms with E-state index in [1.807, 2.05) is 12.1 Å². The molecular weight excluding hydrogens is 480 g/mol. The number of H-pyrrole nitrogens is 1. The molecule has 1 atom stereocenters. The van der Waals surface area contributed by atoms with Gasteiger partial charge in [-0.25, -0.2) is 4.98 Å². The van der Waals surface area contributed by atoms with Gasteiger partial charge in [0.1, 0.15) is 11.1 Å². The molecule has 0 saturated heterocycles. The third kappa shape index (κ3) is 5.92. The first-order chi connectivity index (χ1) is 16.6. The first-order valence-electron chi connectivity index (χ1n) is 11.4. The summed E-state index contributed by atoms with van der Waals surface area (Å²) in [7, 11) is 0. The molecule has 1 aromatic carbocycles. The van der Waals surface area contributed by atoms with Crippen molar-refractivity contribution >= 4 is 45.6 Å². The molecule has 1 aliphatic rings. The lowest BCUT2D eigenvalue weighted by Gasteiger charge is -2.33. The predicted molar refractivity (Wildman–Crippen MR) is 139 cm³/mol. The molecule has 35 heavy (non-hydrogen) atoms. The Morgan fingerprint density at radius 1 is 1.26 bits per heavy atom. The van der Waals surface area contributed by atoms with Crippen LogP contribution in [0.1, 0.15) is 50.1 Å². The zero-order chi connectivity index (χ0) is 25.2. The first-order valence-corrected chi connectivity index (χ1v) is 13.2. The van der Waals surface area contributed by atoms with E-state index in [-0.39, 0.29) is 23.0 Å². The fourth-order valence-corrected chi connectivity index (χ4v) is 6.07. The van der Waals surface area contributed by atoms with Gasteiger partial charge >= 0.3 is 0 Å². The minimum atomic E-state index is -0.191. The lowest BCUT2D eigenvalue weighted by molar-refractivity contribution is -0.114. The van der Waals surface area contributed by atoms with Gasteiger partial charge in [-0.3, -0.25) is 14.7 Å². The molecule has 0 aliphatic heterocycles. The van der Waals surface area contributed by atoms with Gasteiger partial charge in [-0.1, -0.05) is 32.5 Å². The van der Waals surface area contributed by atoms with Crippen LogP contribution in [0.25, 0.3) is 11.4 Å². The maximum absolute atomic E-state index is 12.7. The second kappa shape index (κ2) is 10.2. The highest BCUT2D eigenvalue weighted by molar-refractivity contribution is 7.99. The molecule has 2 heterocycles. The van der Waals surface area contributed by atoms with Gasteiger partial charge in [-0.05, 0) is 60.4 Å². The van der Waals surface area contributed by atoms with Crippen molar-refractivity contribution in [3.63, 3.8) is 0 Å². The van der Waals surface area contributed by atoms with E-state index < -0.39 is 0 Å². The van der Waals surface area contributed by atoms with Crippen molar-refractivity contribution in [2.24, 2.45) is 11.3 Å². The Labute approximate surface area is 212 Å². The number of nitrogens with zero attached hydrogens (tertiary/aromatic N) is 3. The summed E-state index contributed by atoms with van der Waals surface area (Å²) in [5.74, 6) is 0.961. The predicted octanol–water partition coefficient (Wildman–Crippen LogP) is 5.25. The van der Waals surface area contributed by atoms with Crippen LogP contribution in [0, 0.1) is 22.7 Å². The largest absolute Gasteiger partial charge is 0.326 e. The van der Waals surface area contributed by atoms with Crippen LogP contribution < -0.4 is 10.6 Å². The molecular formula is C25H28N6O2S2. The number of anilines is 2. The van der Waals surface area contributed by atoms with Gasteiger partial charge < -0.3 is 10.6 Å². The summed E-state index contributed by atoms with van der Waals surface area (Å²) in [6.07, 6.45) is 2.90. The van der Waals surface area contributed by atoms with Crippen LogP contribution >= 0.6 is 23.1 Å². The summed E-state index contributed by atoms with van der Waals surface area (Å²) in [6, 6.07) is 9.55. The Kier molecular flexibility index (Phi) is 7.28. The summed E-state index contributed by atoms with van der Waals surface area (Å²) >= 11 is 2.76. The fourth-order valence-electron chi connectivity index (χ4n) is 4.18. The molecule has 1 aliphatic carbocycles. The highest BCUT2D eigenvalue weighted by Crippen LogP contribution is 2.44. The molecule has 0 unspecified atom stereocenters. The summed E-state index contributed by atoms with van der Waals surface area (Å²) in [5.41, 5.74) is 3.45. The topological polar surface area (TPSA) is 124 Å². The quantitative estimate of drug-likeness (QED) is 0.391. The average Bonchev–Trinajstić information content (AvgIpc) is 3.41. The standard InChI is InChI=1S/C25H28N6O2S2/c1-14(32)27-17-8-5-15(6-9-17)22-29-24(31-30-22)34-13-21(33)28-23-19(12-26)18-10-7-16(25(2,3)4)11-20(18)35-23/h5-6,8-9,16H,7,10-11,13H2,1-4H3,(H,27,32)(H,28,33)(H,29,30,31)/t16-/m1/s1. The number of carbonyl (C=O) groups is 2. The highest BCUT2D eigenvalue weighted by atomic mass is 32.2. The number of thioether (sulfide) groups is 1. The van der Waals surface area contributed by atoms with Crippen LogP contribution in [0.4, 0.5) is 10.7 Å². The Morgan fingerprint density at radius 3 is 2.66 bits per heavy atom. The summed E-state index contributed by atoms with van der Waals surface area (Å²) < 4.78 is 0. The van der Waals surface area contributed by atoms with E-state index in [4.69, 9.17) is 0 Å². The molecule has 2 amide bonds. The number of nitriles is 1. The van der Waals surface area contributed by atoms with E-state index in [0.717, 1.165) is 30.4 Å². The van der Waals surface area contributed by atoms with Crippen LogP contribution in [0.5, 0.6) is 0 Å². The molecule has 4 rings (SSSR count). The van der Waals surface area contributed by atoms with E-state index >= 15 is 0 Å². The summed E-state index contributed by atoms with van der Waals surface area (Å²) in [6.45, 7) is 8.24. The average molecular weight is 509 g/mol. The third-order valence-electron chi connectivity index (χ3n) is 6.13. The smallest absolute Gasteiger partial charge is 0.235 e. The van der Waals surface area contributed by atoms with E-state index in [0.29, 0.717) is 33.2 Å². The monoisotopic (exact) mass is 508 g/mol. The van der Waals surface area contributed by atoms with Gasteiger partial charge in [0.2, 0.25) is 17.0 Å². The molecule has 2 aromatic heterocycles. The molecule has 3 aromatic rings. The minimum absolute atomic E-state index is 0.131. The summed E-state index contributed by atoms with van der Waals surface area (Å²) in [5, 5.41) is 23.6. The number of nitrogens with one attached hydrogen (secondary N) is 3. The molecule has 0 saturated carbocycles. The van der Waals surface area contributed by atoms with Crippen molar-refractivity contribution in [1.29, 1.82) is 5.26 Å². The summed E-state index contributed by atoms with van der Waals surface area (Å²) in [4.78, 5) is 29.5. The Balaban J connectivity index is 1.37. The molecule has 10 heteroatoms. The van der Waals surface area contributed by atoms with Crippen LogP contribution in [-0.4, -0.2) is 32.7 Å². The number of fused-ring (bicyclic) bond motifs is 1. The Hall–Kier alpha value is -3.16. The number of benzene rings is 1. The molecule has 0 fully saturated rings. The van der Waals surface area contributed by atoms with Gasteiger partial charge in [0.15, 0.2) is 5.82 Å². The van der Waals surface area contributed by atoms with Crippen molar-refractivity contribution in [3.05, 3.63) is 40.3 Å². The number of aromatic amines is 1. The van der Waals surface area contributed by atoms with Gasteiger partial charge in [0.05, 0.1) is 11.3 Å². The highest BCUT2D eigenvalue weighted by Gasteiger charge is 2.32. The second-order valence-corrected chi connectivity index (χ2v) is 11.7. The van der Waals surface area contributed by atoms with E-state index in [1.54, 1.807) is 12.1 Å². The minimum Gasteiger partial charge on any atom is -0.326 e. The number of aromatic nitrogens is 3. The molecule has 0 bridgehead atoms.